The van der Waals surface area contributed by atoms with Gasteiger partial charge >= 0.3 is 5.97 Å². The molecule has 6 heteroatoms. The number of nitro benzene ring substituents is 1. The lowest BCUT2D eigenvalue weighted by Crippen LogP contribution is -2.08. The number of non-ortho nitro benzene ring substituents is 1. The Morgan fingerprint density at radius 2 is 1.80 bits per heavy atom. The third kappa shape index (κ3) is 3.11. The monoisotopic (exact) mass is 273 g/mol. The number of rotatable bonds is 4. The van der Waals surface area contributed by atoms with E-state index in [0.717, 1.165) is 0 Å². The van der Waals surface area contributed by atoms with E-state index in [4.69, 9.17) is 9.47 Å². The van der Waals surface area contributed by atoms with Crippen LogP contribution in [0, 0.1) is 10.1 Å². The molecule has 6 nitrogen and oxygen atoms in total. The van der Waals surface area contributed by atoms with Crippen molar-refractivity contribution >= 4 is 11.7 Å². The van der Waals surface area contributed by atoms with Gasteiger partial charge in [-0.2, -0.15) is 0 Å². The standard InChI is InChI=1S/C14H11NO5/c1-19-12-7-5-10(6-8-12)14(16)20-13-4-2-3-11(9-13)15(17)18/h2-9H,1H3. The Hall–Kier alpha value is -2.89. The predicted molar refractivity (Wildman–Crippen MR) is 71.0 cm³/mol. The van der Waals surface area contributed by atoms with E-state index in [-0.39, 0.29) is 11.4 Å². The fourth-order valence-electron chi connectivity index (χ4n) is 1.55. The largest absolute Gasteiger partial charge is 0.497 e. The van der Waals surface area contributed by atoms with Crippen molar-refractivity contribution in [1.82, 2.24) is 0 Å². The van der Waals surface area contributed by atoms with Crippen LogP contribution in [0.2, 0.25) is 0 Å². The van der Waals surface area contributed by atoms with Crippen molar-refractivity contribution in [3.05, 3.63) is 64.2 Å². The second-order valence-corrected chi connectivity index (χ2v) is 3.87. The zero-order chi connectivity index (χ0) is 14.5. The summed E-state index contributed by atoms with van der Waals surface area (Å²) in [5.74, 6) is 0.157. The molecule has 2 rings (SSSR count). The quantitative estimate of drug-likeness (QED) is 0.370. The second kappa shape index (κ2) is 5.83. The van der Waals surface area contributed by atoms with Crippen molar-refractivity contribution in [3.8, 4) is 11.5 Å². The number of hydrogen-bond acceptors (Lipinski definition) is 5. The fourth-order valence-corrected chi connectivity index (χ4v) is 1.55. The molecule has 0 aliphatic rings. The average molecular weight is 273 g/mol. The van der Waals surface area contributed by atoms with Crippen LogP contribution in [0.4, 0.5) is 5.69 Å². The summed E-state index contributed by atoms with van der Waals surface area (Å²) in [5, 5.41) is 10.6. The molecule has 0 aromatic heterocycles. The van der Waals surface area contributed by atoms with Gasteiger partial charge in [-0.25, -0.2) is 4.79 Å². The molecule has 2 aromatic carbocycles. The number of carbonyl (C=O) groups excluding carboxylic acids is 1. The molecule has 20 heavy (non-hydrogen) atoms. The first-order valence-electron chi connectivity index (χ1n) is 5.71. The minimum atomic E-state index is -0.590. The molecule has 0 amide bonds. The average Bonchev–Trinajstić information content (AvgIpc) is 2.47. The van der Waals surface area contributed by atoms with Crippen molar-refractivity contribution in [2.75, 3.05) is 7.11 Å². The first-order chi connectivity index (χ1) is 9.60. The Morgan fingerprint density at radius 3 is 2.40 bits per heavy atom. The number of benzene rings is 2. The molecule has 0 N–H and O–H groups in total. The summed E-state index contributed by atoms with van der Waals surface area (Å²) in [5.41, 5.74) is 0.197. The Kier molecular flexibility index (Phi) is 3.95. The summed E-state index contributed by atoms with van der Waals surface area (Å²) in [6.07, 6.45) is 0. The summed E-state index contributed by atoms with van der Waals surface area (Å²) in [4.78, 5) is 21.9. The van der Waals surface area contributed by atoms with Crippen LogP contribution in [0.5, 0.6) is 11.5 Å². The second-order valence-electron chi connectivity index (χ2n) is 3.87. The minimum absolute atomic E-state index is 0.125. The third-order valence-corrected chi connectivity index (χ3v) is 2.56. The van der Waals surface area contributed by atoms with Crippen LogP contribution in [0.15, 0.2) is 48.5 Å². The van der Waals surface area contributed by atoms with Crippen LogP contribution in [0.3, 0.4) is 0 Å². The van der Waals surface area contributed by atoms with E-state index in [1.54, 1.807) is 24.3 Å². The van der Waals surface area contributed by atoms with Gasteiger partial charge in [0, 0.05) is 6.07 Å². The van der Waals surface area contributed by atoms with E-state index in [1.807, 2.05) is 0 Å². The summed E-state index contributed by atoms with van der Waals surface area (Å²) >= 11 is 0. The number of carbonyl (C=O) groups is 1. The molecule has 0 spiro atoms. The van der Waals surface area contributed by atoms with E-state index in [2.05, 4.69) is 0 Å². The first kappa shape index (κ1) is 13.5. The highest BCUT2D eigenvalue weighted by atomic mass is 16.6. The lowest BCUT2D eigenvalue weighted by atomic mass is 10.2. The first-order valence-corrected chi connectivity index (χ1v) is 5.71. The highest BCUT2D eigenvalue weighted by Gasteiger charge is 2.11. The SMILES string of the molecule is COc1ccc(C(=O)Oc2cccc([N+](=O)[O-])c2)cc1. The van der Waals surface area contributed by atoms with Crippen molar-refractivity contribution in [2.45, 2.75) is 0 Å². The predicted octanol–water partition coefficient (Wildman–Crippen LogP) is 2.82. The number of nitrogens with zero attached hydrogens (tertiary/aromatic N) is 1. The van der Waals surface area contributed by atoms with Crippen LogP contribution in [-0.2, 0) is 0 Å². The molecule has 0 unspecified atom stereocenters. The van der Waals surface area contributed by atoms with Gasteiger partial charge in [0.25, 0.3) is 5.69 Å². The summed E-state index contributed by atoms with van der Waals surface area (Å²) in [6, 6.07) is 11.8. The molecule has 0 radical (unpaired) electrons. The molecule has 2 aromatic rings. The third-order valence-electron chi connectivity index (χ3n) is 2.56. The van der Waals surface area contributed by atoms with Gasteiger partial charge in [-0.1, -0.05) is 6.07 Å². The van der Waals surface area contributed by atoms with Crippen molar-refractivity contribution < 1.29 is 19.2 Å². The van der Waals surface area contributed by atoms with Crippen molar-refractivity contribution in [2.24, 2.45) is 0 Å². The Bertz CT molecular complexity index is 636. The molecule has 0 fully saturated rings. The van der Waals surface area contributed by atoms with E-state index in [1.165, 1.54) is 31.4 Å². The molecule has 0 heterocycles. The number of methoxy groups -OCH3 is 1. The minimum Gasteiger partial charge on any atom is -0.497 e. The van der Waals surface area contributed by atoms with Gasteiger partial charge in [0.05, 0.1) is 23.7 Å². The summed E-state index contributed by atoms with van der Waals surface area (Å²) in [7, 11) is 1.52. The summed E-state index contributed by atoms with van der Waals surface area (Å²) in [6.45, 7) is 0. The van der Waals surface area contributed by atoms with Crippen LogP contribution in [0.25, 0.3) is 0 Å². The zero-order valence-electron chi connectivity index (χ0n) is 10.6. The molecule has 102 valence electrons. The van der Waals surface area contributed by atoms with E-state index < -0.39 is 10.9 Å². The molecule has 0 saturated heterocycles. The van der Waals surface area contributed by atoms with E-state index >= 15 is 0 Å². The van der Waals surface area contributed by atoms with E-state index in [0.29, 0.717) is 11.3 Å². The normalized spacial score (nSPS) is 9.85. The Balaban J connectivity index is 2.14. The van der Waals surface area contributed by atoms with Gasteiger partial charge in [0.15, 0.2) is 0 Å². The van der Waals surface area contributed by atoms with Crippen LogP contribution in [0.1, 0.15) is 10.4 Å². The maximum atomic E-state index is 11.9. The van der Waals surface area contributed by atoms with Crippen LogP contribution in [-0.4, -0.2) is 18.0 Å². The molecule has 0 saturated carbocycles. The number of nitro groups is 1. The molecule has 0 bridgehead atoms. The van der Waals surface area contributed by atoms with Gasteiger partial charge in [-0.15, -0.1) is 0 Å². The molecular weight excluding hydrogens is 262 g/mol. The Labute approximate surface area is 114 Å². The molecular formula is C14H11NO5. The topological polar surface area (TPSA) is 78.7 Å². The number of esters is 1. The van der Waals surface area contributed by atoms with Gasteiger partial charge in [-0.05, 0) is 30.3 Å². The molecule has 0 aliphatic heterocycles. The highest BCUT2D eigenvalue weighted by molar-refractivity contribution is 5.91. The van der Waals surface area contributed by atoms with Gasteiger partial charge in [-0.3, -0.25) is 10.1 Å². The van der Waals surface area contributed by atoms with Crippen LogP contribution < -0.4 is 9.47 Å². The lowest BCUT2D eigenvalue weighted by Gasteiger charge is -2.05. The Morgan fingerprint density at radius 1 is 1.10 bits per heavy atom. The zero-order valence-corrected chi connectivity index (χ0v) is 10.6. The van der Waals surface area contributed by atoms with Gasteiger partial charge < -0.3 is 9.47 Å². The van der Waals surface area contributed by atoms with Gasteiger partial charge in [0.2, 0.25) is 0 Å². The lowest BCUT2D eigenvalue weighted by molar-refractivity contribution is -0.384. The molecule has 0 atom stereocenters. The van der Waals surface area contributed by atoms with Crippen molar-refractivity contribution in [1.29, 1.82) is 0 Å². The van der Waals surface area contributed by atoms with Crippen molar-refractivity contribution in [3.63, 3.8) is 0 Å². The fraction of sp³-hybridized carbons (Fsp3) is 0.0714. The maximum absolute atomic E-state index is 11.9. The highest BCUT2D eigenvalue weighted by Crippen LogP contribution is 2.20. The van der Waals surface area contributed by atoms with Gasteiger partial charge in [0.1, 0.15) is 11.5 Å². The maximum Gasteiger partial charge on any atom is 0.343 e. The van der Waals surface area contributed by atoms with E-state index in [9.17, 15) is 14.9 Å². The van der Waals surface area contributed by atoms with Crippen LogP contribution >= 0.6 is 0 Å². The number of hydrogen-bond donors (Lipinski definition) is 0. The number of ether oxygens (including phenoxy) is 2. The molecule has 0 aliphatic carbocycles. The smallest absolute Gasteiger partial charge is 0.343 e. The summed E-state index contributed by atoms with van der Waals surface area (Å²) < 4.78 is 10.1.